The van der Waals surface area contributed by atoms with Gasteiger partial charge < -0.3 is 10.6 Å². The lowest BCUT2D eigenvalue weighted by molar-refractivity contribution is -0.116. The Morgan fingerprint density at radius 1 is 1.38 bits per heavy atom. The minimum Gasteiger partial charge on any atom is -0.326 e. The number of benzene rings is 1. The van der Waals surface area contributed by atoms with Gasteiger partial charge in [0.1, 0.15) is 0 Å². The van der Waals surface area contributed by atoms with E-state index in [2.05, 4.69) is 28.1 Å². The van der Waals surface area contributed by atoms with Gasteiger partial charge in [-0.2, -0.15) is 0 Å². The first kappa shape index (κ1) is 14.6. The summed E-state index contributed by atoms with van der Waals surface area (Å²) in [7, 11) is 1.94. The number of fused-ring (bicyclic) bond motifs is 1. The Labute approximate surface area is 133 Å². The Balaban J connectivity index is 1.98. The van der Waals surface area contributed by atoms with Gasteiger partial charge in [-0.1, -0.05) is 23.7 Å². The Morgan fingerprint density at radius 2 is 2.19 bits per heavy atom. The van der Waals surface area contributed by atoms with E-state index in [1.54, 1.807) is 11.3 Å². The summed E-state index contributed by atoms with van der Waals surface area (Å²) in [5, 5.41) is 9.18. The monoisotopic (exact) mass is 320 g/mol. The molecule has 0 bridgehead atoms. The van der Waals surface area contributed by atoms with Crippen LogP contribution in [-0.2, 0) is 11.2 Å². The Bertz CT molecular complexity index is 696. The molecule has 0 saturated heterocycles. The largest absolute Gasteiger partial charge is 0.326 e. The molecule has 2 N–H and O–H groups in total. The molecule has 2 aromatic rings. The van der Waals surface area contributed by atoms with Gasteiger partial charge in [0.25, 0.3) is 0 Å². The van der Waals surface area contributed by atoms with Crippen LogP contribution in [0.4, 0.5) is 5.69 Å². The molecular formula is C16H17ClN2OS. The lowest BCUT2D eigenvalue weighted by Crippen LogP contribution is -2.21. The molecule has 0 spiro atoms. The molecule has 21 heavy (non-hydrogen) atoms. The quantitative estimate of drug-likeness (QED) is 0.900. The Hall–Kier alpha value is -1.36. The fourth-order valence-electron chi connectivity index (χ4n) is 2.68. The molecule has 1 aromatic heterocycles. The summed E-state index contributed by atoms with van der Waals surface area (Å²) in [5.41, 5.74) is 4.41. The standard InChI is InChI=1S/C16H17ClN2OS/c1-9-8-21-16(14(9)17)15(18-2)11-3-5-12-10(7-11)4-6-13(20)19-12/h3,5,7-8,15,18H,4,6H2,1-2H3,(H,19,20). The van der Waals surface area contributed by atoms with E-state index in [1.807, 2.05) is 20.0 Å². The second kappa shape index (κ2) is 5.79. The summed E-state index contributed by atoms with van der Waals surface area (Å²) >= 11 is 8.09. The first-order chi connectivity index (χ1) is 10.1. The summed E-state index contributed by atoms with van der Waals surface area (Å²) in [5.74, 6) is 0.0948. The highest BCUT2D eigenvalue weighted by atomic mass is 35.5. The van der Waals surface area contributed by atoms with Crippen LogP contribution in [0.15, 0.2) is 23.6 Å². The number of carbonyl (C=O) groups is 1. The van der Waals surface area contributed by atoms with E-state index in [0.29, 0.717) is 6.42 Å². The van der Waals surface area contributed by atoms with Crippen LogP contribution in [0.3, 0.4) is 0 Å². The van der Waals surface area contributed by atoms with E-state index in [4.69, 9.17) is 11.6 Å². The van der Waals surface area contributed by atoms with Gasteiger partial charge in [-0.25, -0.2) is 0 Å². The first-order valence-corrected chi connectivity index (χ1v) is 8.19. The molecule has 1 atom stereocenters. The van der Waals surface area contributed by atoms with Gasteiger partial charge in [-0.05, 0) is 48.5 Å². The first-order valence-electron chi connectivity index (χ1n) is 6.93. The predicted molar refractivity (Wildman–Crippen MR) is 88.4 cm³/mol. The maximum atomic E-state index is 11.4. The highest BCUT2D eigenvalue weighted by Crippen LogP contribution is 2.37. The van der Waals surface area contributed by atoms with Crippen molar-refractivity contribution < 1.29 is 4.79 Å². The number of nitrogens with one attached hydrogen (secondary N) is 2. The van der Waals surface area contributed by atoms with Gasteiger partial charge >= 0.3 is 0 Å². The van der Waals surface area contributed by atoms with E-state index in [0.717, 1.165) is 27.6 Å². The van der Waals surface area contributed by atoms with Crippen LogP contribution in [0.2, 0.25) is 5.02 Å². The molecule has 2 heterocycles. The number of halogens is 1. The molecule has 0 saturated carbocycles. The van der Waals surface area contributed by atoms with Gasteiger partial charge in [0.05, 0.1) is 11.1 Å². The Kier molecular flexibility index (Phi) is 4.02. The van der Waals surface area contributed by atoms with E-state index in [9.17, 15) is 4.79 Å². The molecule has 1 aliphatic rings. The van der Waals surface area contributed by atoms with Crippen molar-refractivity contribution in [3.63, 3.8) is 0 Å². The van der Waals surface area contributed by atoms with Crippen molar-refractivity contribution in [2.45, 2.75) is 25.8 Å². The van der Waals surface area contributed by atoms with Gasteiger partial charge in [-0.3, -0.25) is 4.79 Å². The number of aryl methyl sites for hydroxylation is 2. The van der Waals surface area contributed by atoms with Gasteiger partial charge in [0.2, 0.25) is 5.91 Å². The number of anilines is 1. The number of hydrogen-bond acceptors (Lipinski definition) is 3. The van der Waals surface area contributed by atoms with E-state index in [-0.39, 0.29) is 11.9 Å². The fourth-order valence-corrected chi connectivity index (χ4v) is 4.11. The minimum atomic E-state index is 0.0825. The van der Waals surface area contributed by atoms with Crippen molar-refractivity contribution in [1.82, 2.24) is 5.32 Å². The SMILES string of the molecule is CNC(c1ccc2c(c1)CCC(=O)N2)c1scc(C)c1Cl. The molecule has 1 aliphatic heterocycles. The fraction of sp³-hybridized carbons (Fsp3) is 0.312. The van der Waals surface area contributed by atoms with Crippen LogP contribution in [0, 0.1) is 6.92 Å². The molecule has 3 rings (SSSR count). The molecule has 1 aromatic carbocycles. The van der Waals surface area contributed by atoms with Gasteiger partial charge in [-0.15, -0.1) is 11.3 Å². The van der Waals surface area contributed by atoms with Crippen LogP contribution < -0.4 is 10.6 Å². The number of carbonyl (C=O) groups excluding carboxylic acids is 1. The molecule has 0 aliphatic carbocycles. The van der Waals surface area contributed by atoms with Crippen molar-refractivity contribution >= 4 is 34.5 Å². The smallest absolute Gasteiger partial charge is 0.224 e. The van der Waals surface area contributed by atoms with Crippen LogP contribution >= 0.6 is 22.9 Å². The number of thiophene rings is 1. The zero-order valence-corrected chi connectivity index (χ0v) is 13.6. The van der Waals surface area contributed by atoms with Gasteiger partial charge in [0.15, 0.2) is 0 Å². The topological polar surface area (TPSA) is 41.1 Å². The zero-order valence-electron chi connectivity index (χ0n) is 12.0. The molecule has 0 radical (unpaired) electrons. The average molecular weight is 321 g/mol. The third-order valence-corrected chi connectivity index (χ3v) is 5.61. The number of rotatable bonds is 3. The number of hydrogen-bond donors (Lipinski definition) is 2. The molecule has 1 amide bonds. The lowest BCUT2D eigenvalue weighted by atomic mass is 9.96. The van der Waals surface area contributed by atoms with Gasteiger partial charge in [0, 0.05) is 17.0 Å². The number of amides is 1. The molecule has 1 unspecified atom stereocenters. The second-order valence-corrected chi connectivity index (χ2v) is 6.57. The van der Waals surface area contributed by atoms with Crippen LogP contribution in [0.25, 0.3) is 0 Å². The van der Waals surface area contributed by atoms with Crippen molar-refractivity contribution in [3.05, 3.63) is 50.2 Å². The zero-order chi connectivity index (χ0) is 15.0. The predicted octanol–water partition coefficient (Wildman–Crippen LogP) is 3.90. The molecular weight excluding hydrogens is 304 g/mol. The maximum Gasteiger partial charge on any atom is 0.224 e. The highest BCUT2D eigenvalue weighted by molar-refractivity contribution is 7.10. The summed E-state index contributed by atoms with van der Waals surface area (Å²) in [6.45, 7) is 2.03. The van der Waals surface area contributed by atoms with Crippen LogP contribution in [-0.4, -0.2) is 13.0 Å². The second-order valence-electron chi connectivity index (χ2n) is 5.28. The molecule has 3 nitrogen and oxygen atoms in total. The lowest BCUT2D eigenvalue weighted by Gasteiger charge is -2.21. The average Bonchev–Trinajstić information content (AvgIpc) is 2.81. The normalized spacial score (nSPS) is 15.5. The third kappa shape index (κ3) is 2.71. The third-order valence-electron chi connectivity index (χ3n) is 3.83. The van der Waals surface area contributed by atoms with Crippen molar-refractivity contribution in [1.29, 1.82) is 0 Å². The van der Waals surface area contributed by atoms with Crippen LogP contribution in [0.5, 0.6) is 0 Å². The summed E-state index contributed by atoms with van der Waals surface area (Å²) < 4.78 is 0. The molecule has 5 heteroatoms. The minimum absolute atomic E-state index is 0.0825. The van der Waals surface area contributed by atoms with E-state index in [1.165, 1.54) is 11.1 Å². The van der Waals surface area contributed by atoms with Crippen molar-refractivity contribution in [2.24, 2.45) is 0 Å². The molecule has 0 fully saturated rings. The van der Waals surface area contributed by atoms with Crippen molar-refractivity contribution in [3.8, 4) is 0 Å². The Morgan fingerprint density at radius 3 is 2.86 bits per heavy atom. The van der Waals surface area contributed by atoms with Crippen LogP contribution in [0.1, 0.15) is 34.0 Å². The van der Waals surface area contributed by atoms with E-state index >= 15 is 0 Å². The molecule has 110 valence electrons. The summed E-state index contributed by atoms with van der Waals surface area (Å²) in [4.78, 5) is 12.6. The summed E-state index contributed by atoms with van der Waals surface area (Å²) in [6.07, 6.45) is 1.35. The maximum absolute atomic E-state index is 11.4. The summed E-state index contributed by atoms with van der Waals surface area (Å²) in [6, 6.07) is 6.29. The van der Waals surface area contributed by atoms with Crippen molar-refractivity contribution in [2.75, 3.05) is 12.4 Å². The van der Waals surface area contributed by atoms with E-state index < -0.39 is 0 Å². The highest BCUT2D eigenvalue weighted by Gasteiger charge is 2.21.